The molecular weight excluding hydrogens is 408 g/mol. The number of hydrogen-bond acceptors (Lipinski definition) is 4. The molecule has 2 amide bonds. The summed E-state index contributed by atoms with van der Waals surface area (Å²) in [6.07, 6.45) is 6.47. The standard InChI is InChI=1S/C22H37F2N3O2S/c1-6-12-27(19(29)22(5,23)24)13-8-11-21(4)18(28)26-20(30-21)25-15(3)17-10-9-16(7-2)14-17/h15-17H,6-14H2,1-5H3,(H,25,26,28). The molecule has 4 unspecified atom stereocenters. The number of halogens is 2. The second kappa shape index (κ2) is 10.4. The number of amides is 2. The number of amidine groups is 1. The second-order valence-electron chi connectivity index (χ2n) is 9.09. The lowest BCUT2D eigenvalue weighted by Crippen LogP contribution is -2.43. The van der Waals surface area contributed by atoms with Crippen molar-refractivity contribution in [1.82, 2.24) is 10.2 Å². The fourth-order valence-electron chi connectivity index (χ4n) is 4.42. The minimum atomic E-state index is -3.37. The Morgan fingerprint density at radius 1 is 1.37 bits per heavy atom. The molecule has 5 nitrogen and oxygen atoms in total. The minimum Gasteiger partial charge on any atom is -0.338 e. The van der Waals surface area contributed by atoms with Gasteiger partial charge in [-0.05, 0) is 57.8 Å². The van der Waals surface area contributed by atoms with E-state index < -0.39 is 16.6 Å². The van der Waals surface area contributed by atoms with E-state index >= 15 is 0 Å². The number of thioether (sulfide) groups is 1. The van der Waals surface area contributed by atoms with Crippen LogP contribution in [0.3, 0.4) is 0 Å². The number of carbonyl (C=O) groups excluding carboxylic acids is 2. The van der Waals surface area contributed by atoms with Crippen molar-refractivity contribution in [3.05, 3.63) is 0 Å². The Balaban J connectivity index is 1.91. The first kappa shape index (κ1) is 25.1. The predicted octanol–water partition coefficient (Wildman–Crippen LogP) is 4.85. The van der Waals surface area contributed by atoms with Crippen molar-refractivity contribution < 1.29 is 18.4 Å². The molecule has 4 atom stereocenters. The van der Waals surface area contributed by atoms with Crippen LogP contribution in [0.5, 0.6) is 0 Å². The fourth-order valence-corrected chi connectivity index (χ4v) is 5.60. The zero-order valence-corrected chi connectivity index (χ0v) is 19.8. The molecule has 0 spiro atoms. The highest BCUT2D eigenvalue weighted by Crippen LogP contribution is 2.39. The Kier molecular flexibility index (Phi) is 8.71. The number of nitrogens with one attached hydrogen (secondary N) is 1. The minimum absolute atomic E-state index is 0.0921. The molecule has 1 heterocycles. The van der Waals surface area contributed by atoms with Crippen LogP contribution < -0.4 is 5.32 Å². The molecule has 30 heavy (non-hydrogen) atoms. The first-order valence-corrected chi connectivity index (χ1v) is 12.1. The first-order chi connectivity index (χ1) is 14.0. The van der Waals surface area contributed by atoms with Crippen molar-refractivity contribution in [2.75, 3.05) is 13.1 Å². The zero-order valence-electron chi connectivity index (χ0n) is 19.0. The van der Waals surface area contributed by atoms with Gasteiger partial charge in [-0.15, -0.1) is 0 Å². The third-order valence-corrected chi connectivity index (χ3v) is 7.66. The number of aliphatic imine (C=N–C) groups is 1. The molecule has 0 aromatic carbocycles. The Labute approximate surface area is 183 Å². The Bertz CT molecular complexity index is 653. The van der Waals surface area contributed by atoms with E-state index in [0.717, 1.165) is 5.92 Å². The van der Waals surface area contributed by atoms with E-state index in [1.807, 2.05) is 13.8 Å². The van der Waals surface area contributed by atoms with Crippen LogP contribution in [0, 0.1) is 11.8 Å². The van der Waals surface area contributed by atoms with Crippen LogP contribution >= 0.6 is 11.8 Å². The molecule has 2 aliphatic rings. The van der Waals surface area contributed by atoms with Gasteiger partial charge in [-0.25, -0.2) is 0 Å². The number of hydrogen-bond donors (Lipinski definition) is 1. The van der Waals surface area contributed by atoms with Gasteiger partial charge in [-0.1, -0.05) is 38.5 Å². The molecule has 2 fully saturated rings. The van der Waals surface area contributed by atoms with Crippen molar-refractivity contribution in [3.8, 4) is 0 Å². The average molecular weight is 446 g/mol. The van der Waals surface area contributed by atoms with Gasteiger partial charge in [-0.3, -0.25) is 14.6 Å². The van der Waals surface area contributed by atoms with E-state index in [1.54, 1.807) is 0 Å². The molecule has 1 aliphatic carbocycles. The molecule has 8 heteroatoms. The van der Waals surface area contributed by atoms with Crippen LogP contribution in [0.15, 0.2) is 4.99 Å². The lowest BCUT2D eigenvalue weighted by Gasteiger charge is -2.26. The van der Waals surface area contributed by atoms with Gasteiger partial charge in [-0.2, -0.15) is 8.78 Å². The van der Waals surface area contributed by atoms with E-state index in [4.69, 9.17) is 4.99 Å². The van der Waals surface area contributed by atoms with Gasteiger partial charge in [0.25, 0.3) is 5.91 Å². The second-order valence-corrected chi connectivity index (χ2v) is 10.6. The third kappa shape index (κ3) is 6.41. The predicted molar refractivity (Wildman–Crippen MR) is 119 cm³/mol. The average Bonchev–Trinajstić information content (AvgIpc) is 3.25. The van der Waals surface area contributed by atoms with Gasteiger partial charge >= 0.3 is 5.92 Å². The highest BCUT2D eigenvalue weighted by Gasteiger charge is 2.43. The van der Waals surface area contributed by atoms with Crippen LogP contribution in [0.4, 0.5) is 8.78 Å². The summed E-state index contributed by atoms with van der Waals surface area (Å²) in [5.41, 5.74) is 0. The maximum Gasteiger partial charge on any atom is 0.322 e. The monoisotopic (exact) mass is 445 g/mol. The maximum absolute atomic E-state index is 13.4. The highest BCUT2D eigenvalue weighted by molar-refractivity contribution is 8.16. The smallest absolute Gasteiger partial charge is 0.322 e. The number of carbonyl (C=O) groups is 2. The summed E-state index contributed by atoms with van der Waals surface area (Å²) >= 11 is 1.43. The van der Waals surface area contributed by atoms with Crippen LogP contribution in [-0.2, 0) is 9.59 Å². The summed E-state index contributed by atoms with van der Waals surface area (Å²) in [5, 5.41) is 3.57. The molecule has 0 bridgehead atoms. The van der Waals surface area contributed by atoms with Crippen LogP contribution in [0.25, 0.3) is 0 Å². The fraction of sp³-hybridized carbons (Fsp3) is 0.864. The summed E-state index contributed by atoms with van der Waals surface area (Å²) in [7, 11) is 0. The summed E-state index contributed by atoms with van der Waals surface area (Å²) in [4.78, 5) is 30.5. The van der Waals surface area contributed by atoms with Crippen molar-refractivity contribution >= 4 is 28.7 Å². The molecule has 1 saturated heterocycles. The quantitative estimate of drug-likeness (QED) is 0.523. The molecule has 0 aromatic heterocycles. The SMILES string of the molecule is CCCN(CCCC1(C)SC(=NC(C)C2CCC(CC)C2)NC1=O)C(=O)C(C)(F)F. The van der Waals surface area contributed by atoms with Gasteiger partial charge < -0.3 is 10.2 Å². The Morgan fingerprint density at radius 3 is 2.63 bits per heavy atom. The normalized spacial score (nSPS) is 29.3. The molecule has 2 rings (SSSR count). The largest absolute Gasteiger partial charge is 0.338 e. The highest BCUT2D eigenvalue weighted by atomic mass is 32.2. The van der Waals surface area contributed by atoms with E-state index in [1.165, 1.54) is 42.3 Å². The molecular formula is C22H37F2N3O2S. The summed E-state index contributed by atoms with van der Waals surface area (Å²) in [6, 6.07) is 0.177. The summed E-state index contributed by atoms with van der Waals surface area (Å²) < 4.78 is 26.2. The summed E-state index contributed by atoms with van der Waals surface area (Å²) in [6.45, 7) is 9.23. The van der Waals surface area contributed by atoms with Gasteiger partial charge in [0.05, 0.1) is 10.8 Å². The van der Waals surface area contributed by atoms with Gasteiger partial charge in [0.15, 0.2) is 5.17 Å². The third-order valence-electron chi connectivity index (χ3n) is 6.42. The molecule has 1 saturated carbocycles. The van der Waals surface area contributed by atoms with Crippen molar-refractivity contribution in [1.29, 1.82) is 0 Å². The van der Waals surface area contributed by atoms with E-state index in [0.29, 0.717) is 43.8 Å². The molecule has 1 aliphatic heterocycles. The first-order valence-electron chi connectivity index (χ1n) is 11.3. The van der Waals surface area contributed by atoms with Crippen LogP contribution in [0.2, 0.25) is 0 Å². The topological polar surface area (TPSA) is 61.8 Å². The van der Waals surface area contributed by atoms with Crippen LogP contribution in [0.1, 0.15) is 79.6 Å². The van der Waals surface area contributed by atoms with E-state index in [2.05, 4.69) is 19.2 Å². The van der Waals surface area contributed by atoms with E-state index in [9.17, 15) is 18.4 Å². The van der Waals surface area contributed by atoms with Gasteiger partial charge in [0.1, 0.15) is 0 Å². The van der Waals surface area contributed by atoms with E-state index in [-0.39, 0.29) is 18.5 Å². The lowest BCUT2D eigenvalue weighted by atomic mass is 9.97. The van der Waals surface area contributed by atoms with Crippen molar-refractivity contribution in [2.24, 2.45) is 16.8 Å². The Morgan fingerprint density at radius 2 is 2.07 bits per heavy atom. The number of rotatable bonds is 10. The Hall–Kier alpha value is -1.18. The summed E-state index contributed by atoms with van der Waals surface area (Å²) in [5.74, 6) is -3.25. The zero-order chi connectivity index (χ0) is 22.5. The molecule has 0 aromatic rings. The van der Waals surface area contributed by atoms with Crippen molar-refractivity contribution in [2.45, 2.75) is 96.3 Å². The number of nitrogens with zero attached hydrogens (tertiary/aromatic N) is 2. The molecule has 1 N–H and O–H groups in total. The maximum atomic E-state index is 13.4. The van der Waals surface area contributed by atoms with Gasteiger partial charge in [0, 0.05) is 20.0 Å². The van der Waals surface area contributed by atoms with Crippen molar-refractivity contribution in [3.63, 3.8) is 0 Å². The van der Waals surface area contributed by atoms with Gasteiger partial charge in [0.2, 0.25) is 5.91 Å². The lowest BCUT2D eigenvalue weighted by molar-refractivity contribution is -0.155. The molecule has 172 valence electrons. The van der Waals surface area contributed by atoms with Crippen LogP contribution in [-0.4, -0.2) is 51.7 Å². The number of alkyl halides is 2. The molecule has 0 radical (unpaired) electrons.